The first-order valence-corrected chi connectivity index (χ1v) is 7.93. The average molecular weight is 327 g/mol. The fourth-order valence-electron chi connectivity index (χ4n) is 2.14. The molecule has 0 saturated heterocycles. The maximum Gasteiger partial charge on any atom is 0.224 e. The van der Waals surface area contributed by atoms with Crippen LogP contribution in [0.1, 0.15) is 36.5 Å². The maximum absolute atomic E-state index is 12.1. The zero-order valence-corrected chi connectivity index (χ0v) is 13.6. The third kappa shape index (κ3) is 5.43. The predicted octanol–water partition coefficient (Wildman–Crippen LogP) is 3.78. The number of anilines is 1. The Kier molecular flexibility index (Phi) is 6.37. The summed E-state index contributed by atoms with van der Waals surface area (Å²) in [6.45, 7) is 2.67. The van der Waals surface area contributed by atoms with E-state index in [-0.39, 0.29) is 30.3 Å². The summed E-state index contributed by atoms with van der Waals surface area (Å²) in [5.41, 5.74) is 1.06. The second-order valence-electron chi connectivity index (χ2n) is 5.39. The van der Waals surface area contributed by atoms with E-state index in [9.17, 15) is 14.7 Å². The Morgan fingerprint density at radius 2 is 1.83 bits per heavy atom. The number of nitrogens with one attached hydrogen (secondary N) is 1. The zero-order chi connectivity index (χ0) is 17.4. The second-order valence-corrected chi connectivity index (χ2v) is 5.39. The fourth-order valence-corrected chi connectivity index (χ4v) is 2.14. The first-order valence-electron chi connectivity index (χ1n) is 7.93. The van der Waals surface area contributed by atoms with Crippen LogP contribution in [-0.4, -0.2) is 23.4 Å². The quantitative estimate of drug-likeness (QED) is 0.723. The number of ether oxygens (including phenoxy) is 1. The van der Waals surface area contributed by atoms with Gasteiger partial charge in [-0.2, -0.15) is 0 Å². The first-order chi connectivity index (χ1) is 11.6. The van der Waals surface area contributed by atoms with E-state index in [0.29, 0.717) is 17.9 Å². The monoisotopic (exact) mass is 327 g/mol. The van der Waals surface area contributed by atoms with Crippen LogP contribution in [0.5, 0.6) is 11.5 Å². The number of hydrogen-bond acceptors (Lipinski definition) is 4. The van der Waals surface area contributed by atoms with Crippen molar-refractivity contribution in [2.75, 3.05) is 11.9 Å². The molecule has 126 valence electrons. The van der Waals surface area contributed by atoms with Crippen molar-refractivity contribution in [3.05, 3.63) is 54.1 Å². The van der Waals surface area contributed by atoms with Crippen LogP contribution in [0.2, 0.25) is 0 Å². The molecule has 2 aromatic carbocycles. The van der Waals surface area contributed by atoms with Crippen LogP contribution in [0.25, 0.3) is 0 Å². The van der Waals surface area contributed by atoms with E-state index in [1.54, 1.807) is 36.4 Å². The molecule has 2 N–H and O–H groups in total. The summed E-state index contributed by atoms with van der Waals surface area (Å²) in [7, 11) is 0. The minimum absolute atomic E-state index is 0.0780. The molecule has 0 fully saturated rings. The number of benzene rings is 2. The van der Waals surface area contributed by atoms with Gasteiger partial charge in [0.15, 0.2) is 5.78 Å². The van der Waals surface area contributed by atoms with Crippen LogP contribution in [0.4, 0.5) is 5.69 Å². The van der Waals surface area contributed by atoms with Crippen LogP contribution in [0.3, 0.4) is 0 Å². The molecule has 5 heteroatoms. The van der Waals surface area contributed by atoms with Gasteiger partial charge in [0.05, 0.1) is 6.61 Å². The number of amides is 1. The molecular weight excluding hydrogens is 306 g/mol. The molecule has 5 nitrogen and oxygen atoms in total. The van der Waals surface area contributed by atoms with Gasteiger partial charge in [0.2, 0.25) is 5.91 Å². The summed E-state index contributed by atoms with van der Waals surface area (Å²) in [4.78, 5) is 24.0. The molecule has 24 heavy (non-hydrogen) atoms. The summed E-state index contributed by atoms with van der Waals surface area (Å²) in [6.07, 6.45) is 1.14. The van der Waals surface area contributed by atoms with Gasteiger partial charge in [0.1, 0.15) is 11.5 Å². The number of phenols is 1. The van der Waals surface area contributed by atoms with Crippen molar-refractivity contribution in [1.82, 2.24) is 0 Å². The SMILES string of the molecule is CCCOc1ccc(C(=O)CCC(=O)Nc2cccc(O)c2)cc1. The molecule has 0 aromatic heterocycles. The summed E-state index contributed by atoms with van der Waals surface area (Å²) in [5, 5.41) is 12.0. The van der Waals surface area contributed by atoms with Crippen molar-refractivity contribution in [3.63, 3.8) is 0 Å². The minimum atomic E-state index is -0.267. The van der Waals surface area contributed by atoms with Crippen LogP contribution in [0.15, 0.2) is 48.5 Å². The highest BCUT2D eigenvalue weighted by molar-refractivity contribution is 6.00. The van der Waals surface area contributed by atoms with E-state index >= 15 is 0 Å². The normalized spacial score (nSPS) is 10.2. The molecule has 0 heterocycles. The summed E-state index contributed by atoms with van der Waals surface area (Å²) in [6, 6.07) is 13.2. The molecule has 0 spiro atoms. The topological polar surface area (TPSA) is 75.6 Å². The molecule has 1 amide bonds. The standard InChI is InChI=1S/C19H21NO4/c1-2-12-24-17-8-6-14(7-9-17)18(22)10-11-19(23)20-15-4-3-5-16(21)13-15/h3-9,13,21H,2,10-12H2,1H3,(H,20,23). The lowest BCUT2D eigenvalue weighted by Gasteiger charge is -2.07. The minimum Gasteiger partial charge on any atom is -0.508 e. The summed E-state index contributed by atoms with van der Waals surface area (Å²) < 4.78 is 5.47. The Morgan fingerprint density at radius 1 is 1.08 bits per heavy atom. The fraction of sp³-hybridized carbons (Fsp3) is 0.263. The highest BCUT2D eigenvalue weighted by atomic mass is 16.5. The van der Waals surface area contributed by atoms with E-state index in [2.05, 4.69) is 5.32 Å². The van der Waals surface area contributed by atoms with Gasteiger partial charge in [-0.3, -0.25) is 9.59 Å². The van der Waals surface area contributed by atoms with Crippen LogP contribution in [-0.2, 0) is 4.79 Å². The van der Waals surface area contributed by atoms with Crippen molar-refractivity contribution < 1.29 is 19.4 Å². The van der Waals surface area contributed by atoms with E-state index in [0.717, 1.165) is 12.2 Å². The Morgan fingerprint density at radius 3 is 2.50 bits per heavy atom. The largest absolute Gasteiger partial charge is 0.508 e. The number of rotatable bonds is 8. The van der Waals surface area contributed by atoms with Gasteiger partial charge < -0.3 is 15.2 Å². The number of aromatic hydroxyl groups is 1. The van der Waals surface area contributed by atoms with Gasteiger partial charge >= 0.3 is 0 Å². The molecule has 0 unspecified atom stereocenters. The first kappa shape index (κ1) is 17.5. The lowest BCUT2D eigenvalue weighted by Crippen LogP contribution is -2.13. The Hall–Kier alpha value is -2.82. The van der Waals surface area contributed by atoms with Gasteiger partial charge in [0, 0.05) is 30.2 Å². The molecule has 0 radical (unpaired) electrons. The van der Waals surface area contributed by atoms with Gasteiger partial charge in [-0.05, 0) is 42.8 Å². The highest BCUT2D eigenvalue weighted by Gasteiger charge is 2.10. The number of carbonyl (C=O) groups is 2. The molecule has 0 atom stereocenters. The van der Waals surface area contributed by atoms with Gasteiger partial charge in [-0.15, -0.1) is 0 Å². The van der Waals surface area contributed by atoms with E-state index in [1.807, 2.05) is 6.92 Å². The van der Waals surface area contributed by atoms with Gasteiger partial charge in [0.25, 0.3) is 0 Å². The van der Waals surface area contributed by atoms with E-state index in [1.165, 1.54) is 12.1 Å². The van der Waals surface area contributed by atoms with Crippen molar-refractivity contribution in [3.8, 4) is 11.5 Å². The number of Topliss-reactive ketones (excluding diaryl/α,β-unsaturated/α-hetero) is 1. The Bertz CT molecular complexity index is 695. The van der Waals surface area contributed by atoms with Crippen molar-refractivity contribution in [2.24, 2.45) is 0 Å². The second kappa shape index (κ2) is 8.72. The third-order valence-electron chi connectivity index (χ3n) is 3.36. The van der Waals surface area contributed by atoms with Crippen LogP contribution < -0.4 is 10.1 Å². The number of ketones is 1. The van der Waals surface area contributed by atoms with Gasteiger partial charge in [-0.1, -0.05) is 13.0 Å². The molecule has 0 aliphatic rings. The predicted molar refractivity (Wildman–Crippen MR) is 92.5 cm³/mol. The molecule has 0 bridgehead atoms. The number of carbonyl (C=O) groups excluding carboxylic acids is 2. The van der Waals surface area contributed by atoms with Crippen LogP contribution in [0, 0.1) is 0 Å². The zero-order valence-electron chi connectivity index (χ0n) is 13.6. The Labute approximate surface area is 141 Å². The van der Waals surface area contributed by atoms with E-state index < -0.39 is 0 Å². The van der Waals surface area contributed by atoms with Gasteiger partial charge in [-0.25, -0.2) is 0 Å². The highest BCUT2D eigenvalue weighted by Crippen LogP contribution is 2.17. The maximum atomic E-state index is 12.1. The Balaban J connectivity index is 1.82. The molecule has 2 aromatic rings. The van der Waals surface area contributed by atoms with Crippen molar-refractivity contribution >= 4 is 17.4 Å². The molecule has 0 aliphatic heterocycles. The molecule has 0 saturated carbocycles. The van der Waals surface area contributed by atoms with Crippen LogP contribution >= 0.6 is 0 Å². The molecular formula is C19H21NO4. The van der Waals surface area contributed by atoms with E-state index in [4.69, 9.17) is 4.74 Å². The molecule has 2 rings (SSSR count). The summed E-state index contributed by atoms with van der Waals surface area (Å²) >= 11 is 0. The summed E-state index contributed by atoms with van der Waals surface area (Å²) in [5.74, 6) is 0.448. The molecule has 0 aliphatic carbocycles. The third-order valence-corrected chi connectivity index (χ3v) is 3.36. The number of phenolic OH excluding ortho intramolecular Hbond substituents is 1. The smallest absolute Gasteiger partial charge is 0.224 e. The number of hydrogen-bond donors (Lipinski definition) is 2. The lowest BCUT2D eigenvalue weighted by atomic mass is 10.1. The average Bonchev–Trinajstić information content (AvgIpc) is 2.58. The van der Waals surface area contributed by atoms with Crippen molar-refractivity contribution in [1.29, 1.82) is 0 Å². The lowest BCUT2D eigenvalue weighted by molar-refractivity contribution is -0.116. The van der Waals surface area contributed by atoms with Crippen molar-refractivity contribution in [2.45, 2.75) is 26.2 Å².